The monoisotopic (exact) mass is 286 g/mol. The molecule has 1 aliphatic carbocycles. The Bertz CT molecular complexity index is 302. The van der Waals surface area contributed by atoms with E-state index in [-0.39, 0.29) is 30.8 Å². The molecule has 0 heterocycles. The number of carbonyl (C=O) groups excluding carboxylic acids is 1. The number of amides is 1. The molecule has 0 aromatic rings. The van der Waals surface area contributed by atoms with E-state index < -0.39 is 5.60 Å². The molecule has 3 N–H and O–H groups in total. The lowest BCUT2D eigenvalue weighted by Gasteiger charge is -2.30. The average Bonchev–Trinajstić information content (AvgIpc) is 2.53. The fraction of sp³-hybridized carbons (Fsp3) is 0.933. The lowest BCUT2D eigenvalue weighted by Crippen LogP contribution is -2.53. The molecule has 0 aromatic heterocycles. The Kier molecular flexibility index (Phi) is 6.76. The summed E-state index contributed by atoms with van der Waals surface area (Å²) >= 11 is 0. The highest BCUT2D eigenvalue weighted by Gasteiger charge is 2.27. The number of carbonyl (C=O) groups is 1. The molecule has 1 fully saturated rings. The summed E-state index contributed by atoms with van der Waals surface area (Å²) < 4.78 is 5.33. The minimum Gasteiger partial charge on any atom is -0.444 e. The molecular formula is C15H30N2O3. The molecule has 0 spiro atoms. The molecule has 0 unspecified atom stereocenters. The quantitative estimate of drug-likeness (QED) is 0.693. The van der Waals surface area contributed by atoms with Crippen molar-refractivity contribution in [1.82, 2.24) is 10.6 Å². The second-order valence-electron chi connectivity index (χ2n) is 6.75. The number of nitrogens with one attached hydrogen (secondary N) is 2. The molecule has 5 heteroatoms. The molecule has 0 bridgehead atoms. The zero-order chi connectivity index (χ0) is 15.2. The van der Waals surface area contributed by atoms with Gasteiger partial charge >= 0.3 is 6.09 Å². The Morgan fingerprint density at radius 1 is 1.25 bits per heavy atom. The van der Waals surface area contributed by atoms with Crippen LogP contribution in [-0.2, 0) is 4.74 Å². The van der Waals surface area contributed by atoms with E-state index in [1.165, 1.54) is 6.42 Å². The molecule has 20 heavy (non-hydrogen) atoms. The van der Waals surface area contributed by atoms with E-state index in [1.807, 2.05) is 27.7 Å². The molecule has 0 saturated heterocycles. The third-order valence-corrected chi connectivity index (χ3v) is 3.49. The van der Waals surface area contributed by atoms with Crippen LogP contribution < -0.4 is 10.6 Å². The fourth-order valence-electron chi connectivity index (χ4n) is 2.56. The Morgan fingerprint density at radius 3 is 2.40 bits per heavy atom. The predicted octanol–water partition coefficient (Wildman–Crippen LogP) is 2.18. The van der Waals surface area contributed by atoms with Gasteiger partial charge in [-0.05, 0) is 40.5 Å². The van der Waals surface area contributed by atoms with Crippen LogP contribution in [0.25, 0.3) is 0 Å². The summed E-state index contributed by atoms with van der Waals surface area (Å²) in [6, 6.07) is 0.314. The molecule has 118 valence electrons. The molecule has 0 aromatic carbocycles. The van der Waals surface area contributed by atoms with Crippen molar-refractivity contribution in [3.8, 4) is 0 Å². The first kappa shape index (κ1) is 17.2. The van der Waals surface area contributed by atoms with Gasteiger partial charge in [0.05, 0.1) is 6.61 Å². The summed E-state index contributed by atoms with van der Waals surface area (Å²) in [5.41, 5.74) is -0.476. The smallest absolute Gasteiger partial charge is 0.407 e. The zero-order valence-corrected chi connectivity index (χ0v) is 13.2. The Balaban J connectivity index is 2.58. The third kappa shape index (κ3) is 6.57. The largest absolute Gasteiger partial charge is 0.444 e. The summed E-state index contributed by atoms with van der Waals surface area (Å²) in [4.78, 5) is 11.9. The fourth-order valence-corrected chi connectivity index (χ4v) is 2.56. The van der Waals surface area contributed by atoms with Gasteiger partial charge in [-0.2, -0.15) is 0 Å². The molecule has 1 rings (SSSR count). The summed E-state index contributed by atoms with van der Waals surface area (Å²) in [6.45, 7) is 7.65. The Labute approximate surface area is 122 Å². The first-order valence-corrected chi connectivity index (χ1v) is 7.68. The van der Waals surface area contributed by atoms with Crippen molar-refractivity contribution in [1.29, 1.82) is 0 Å². The van der Waals surface area contributed by atoms with E-state index in [0.29, 0.717) is 0 Å². The molecular weight excluding hydrogens is 256 g/mol. The van der Waals surface area contributed by atoms with Crippen LogP contribution in [0.2, 0.25) is 0 Å². The van der Waals surface area contributed by atoms with E-state index in [4.69, 9.17) is 4.74 Å². The van der Waals surface area contributed by atoms with Crippen molar-refractivity contribution < 1.29 is 14.6 Å². The topological polar surface area (TPSA) is 70.6 Å². The van der Waals surface area contributed by atoms with Gasteiger partial charge in [0.1, 0.15) is 5.60 Å². The molecule has 1 saturated carbocycles. The van der Waals surface area contributed by atoms with Crippen LogP contribution in [0.3, 0.4) is 0 Å². The van der Waals surface area contributed by atoms with Crippen LogP contribution in [0.15, 0.2) is 0 Å². The van der Waals surface area contributed by atoms with Gasteiger partial charge in [-0.3, -0.25) is 0 Å². The highest BCUT2D eigenvalue weighted by Crippen LogP contribution is 2.19. The molecule has 1 amide bonds. The summed E-state index contributed by atoms with van der Waals surface area (Å²) in [6.07, 6.45) is 5.08. The lowest BCUT2D eigenvalue weighted by atomic mass is 10.0. The van der Waals surface area contributed by atoms with Crippen LogP contribution in [0, 0.1) is 0 Å². The lowest BCUT2D eigenvalue weighted by molar-refractivity contribution is 0.0487. The number of rotatable bonds is 4. The maximum atomic E-state index is 11.9. The maximum Gasteiger partial charge on any atom is 0.407 e. The van der Waals surface area contributed by atoms with Crippen LogP contribution in [0.5, 0.6) is 0 Å². The van der Waals surface area contributed by atoms with Crippen LogP contribution in [-0.4, -0.2) is 41.5 Å². The maximum absolute atomic E-state index is 11.9. The van der Waals surface area contributed by atoms with Crippen molar-refractivity contribution in [3.63, 3.8) is 0 Å². The van der Waals surface area contributed by atoms with Gasteiger partial charge in [-0.1, -0.05) is 19.3 Å². The third-order valence-electron chi connectivity index (χ3n) is 3.49. The minimum atomic E-state index is -0.476. The first-order valence-electron chi connectivity index (χ1n) is 7.68. The number of hydrogen-bond acceptors (Lipinski definition) is 4. The number of hydrogen-bond donors (Lipinski definition) is 3. The van der Waals surface area contributed by atoms with E-state index >= 15 is 0 Å². The van der Waals surface area contributed by atoms with Gasteiger partial charge in [0.25, 0.3) is 0 Å². The van der Waals surface area contributed by atoms with Crippen molar-refractivity contribution in [3.05, 3.63) is 0 Å². The van der Waals surface area contributed by atoms with E-state index in [9.17, 15) is 9.90 Å². The van der Waals surface area contributed by atoms with Crippen LogP contribution in [0.4, 0.5) is 4.79 Å². The molecule has 0 aliphatic heterocycles. The molecule has 0 radical (unpaired) electrons. The van der Waals surface area contributed by atoms with Gasteiger partial charge < -0.3 is 20.5 Å². The van der Waals surface area contributed by atoms with Gasteiger partial charge in [0, 0.05) is 18.1 Å². The highest BCUT2D eigenvalue weighted by molar-refractivity contribution is 5.68. The summed E-state index contributed by atoms with van der Waals surface area (Å²) in [7, 11) is 0. The number of aliphatic hydroxyl groups is 1. The molecule has 3 atom stereocenters. The van der Waals surface area contributed by atoms with Crippen molar-refractivity contribution in [2.75, 3.05) is 6.61 Å². The van der Waals surface area contributed by atoms with E-state index in [0.717, 1.165) is 25.7 Å². The van der Waals surface area contributed by atoms with Gasteiger partial charge in [0.2, 0.25) is 0 Å². The van der Waals surface area contributed by atoms with Gasteiger partial charge in [0.15, 0.2) is 0 Å². The van der Waals surface area contributed by atoms with Gasteiger partial charge in [-0.25, -0.2) is 4.79 Å². The van der Waals surface area contributed by atoms with Crippen molar-refractivity contribution in [2.45, 2.75) is 83.5 Å². The standard InChI is InChI=1S/C15H30N2O3/c1-11(10-18)16-12-8-6-5-7-9-13(12)17-14(19)20-15(2,3)4/h11-13,16,18H,5-10H2,1-4H3,(H,17,19)/t11-,12+,13-/m1/s1. The van der Waals surface area contributed by atoms with Crippen molar-refractivity contribution >= 4 is 6.09 Å². The number of aliphatic hydroxyl groups excluding tert-OH is 1. The SMILES string of the molecule is C[C@H](CO)N[C@H]1CCCCC[C@H]1NC(=O)OC(C)(C)C. The zero-order valence-electron chi connectivity index (χ0n) is 13.2. The normalized spacial score (nSPS) is 25.6. The molecule has 5 nitrogen and oxygen atoms in total. The minimum absolute atomic E-state index is 0.0426. The number of ether oxygens (including phenoxy) is 1. The first-order chi connectivity index (χ1) is 9.31. The second kappa shape index (κ2) is 7.84. The highest BCUT2D eigenvalue weighted by atomic mass is 16.6. The Hall–Kier alpha value is -0.810. The van der Waals surface area contributed by atoms with E-state index in [1.54, 1.807) is 0 Å². The Morgan fingerprint density at radius 2 is 1.85 bits per heavy atom. The number of alkyl carbamates (subject to hydrolysis) is 1. The van der Waals surface area contributed by atoms with Crippen molar-refractivity contribution in [2.24, 2.45) is 0 Å². The summed E-state index contributed by atoms with van der Waals surface area (Å²) in [5.74, 6) is 0. The predicted molar refractivity (Wildman–Crippen MR) is 79.7 cm³/mol. The molecule has 1 aliphatic rings. The van der Waals surface area contributed by atoms with Crippen LogP contribution in [0.1, 0.15) is 59.8 Å². The average molecular weight is 286 g/mol. The van der Waals surface area contributed by atoms with Gasteiger partial charge in [-0.15, -0.1) is 0 Å². The van der Waals surface area contributed by atoms with E-state index in [2.05, 4.69) is 10.6 Å². The van der Waals surface area contributed by atoms with Crippen LogP contribution >= 0.6 is 0 Å². The summed E-state index contributed by atoms with van der Waals surface area (Å²) in [5, 5.41) is 15.6. The second-order valence-corrected chi connectivity index (χ2v) is 6.75.